The minimum Gasteiger partial charge on any atom is -0.336 e. The summed E-state index contributed by atoms with van der Waals surface area (Å²) >= 11 is 5.25. The van der Waals surface area contributed by atoms with Gasteiger partial charge < -0.3 is 10.2 Å². The van der Waals surface area contributed by atoms with Crippen LogP contribution in [0.15, 0.2) is 15.2 Å². The number of nitrogens with zero attached hydrogens (tertiary/aromatic N) is 2. The third kappa shape index (κ3) is 3.12. The smallest absolute Gasteiger partial charge is 0.317 e. The minimum absolute atomic E-state index is 0.125. The molecule has 0 radical (unpaired) electrons. The van der Waals surface area contributed by atoms with Gasteiger partial charge in [0.1, 0.15) is 0 Å². The van der Waals surface area contributed by atoms with E-state index in [1.807, 2.05) is 4.90 Å². The van der Waals surface area contributed by atoms with Crippen molar-refractivity contribution in [3.05, 3.63) is 20.8 Å². The molecule has 2 saturated heterocycles. The van der Waals surface area contributed by atoms with Crippen LogP contribution >= 0.6 is 27.3 Å². The highest BCUT2D eigenvalue weighted by atomic mass is 79.9. The Morgan fingerprint density at radius 2 is 2.16 bits per heavy atom. The maximum Gasteiger partial charge on any atom is 0.317 e. The molecule has 104 valence electrons. The monoisotopic (exact) mass is 343 g/mol. The van der Waals surface area contributed by atoms with Gasteiger partial charge in [-0.1, -0.05) is 0 Å². The predicted molar refractivity (Wildman–Crippen MR) is 80.4 cm³/mol. The molecule has 0 aliphatic carbocycles. The van der Waals surface area contributed by atoms with Crippen molar-refractivity contribution >= 4 is 33.3 Å². The molecule has 0 saturated carbocycles. The second kappa shape index (κ2) is 5.81. The first-order valence-corrected chi connectivity index (χ1v) is 8.39. The fraction of sp³-hybridized carbons (Fsp3) is 0.615. The number of carbonyl (C=O) groups excluding carboxylic acids is 1. The molecule has 0 aromatic carbocycles. The Kier molecular flexibility index (Phi) is 4.10. The summed E-state index contributed by atoms with van der Waals surface area (Å²) in [5, 5.41) is 5.10. The Balaban J connectivity index is 1.50. The Morgan fingerprint density at radius 3 is 2.74 bits per heavy atom. The van der Waals surface area contributed by atoms with Crippen LogP contribution in [-0.2, 0) is 6.54 Å². The van der Waals surface area contributed by atoms with Crippen molar-refractivity contribution in [1.82, 2.24) is 15.1 Å². The molecule has 4 nitrogen and oxygen atoms in total. The van der Waals surface area contributed by atoms with Gasteiger partial charge in [0.2, 0.25) is 0 Å². The van der Waals surface area contributed by atoms with Gasteiger partial charge in [0.25, 0.3) is 0 Å². The van der Waals surface area contributed by atoms with Crippen molar-refractivity contribution in [1.29, 1.82) is 0 Å². The molecule has 3 rings (SSSR count). The maximum absolute atomic E-state index is 11.6. The topological polar surface area (TPSA) is 35.6 Å². The summed E-state index contributed by atoms with van der Waals surface area (Å²) < 4.78 is 1.20. The Morgan fingerprint density at radius 1 is 1.37 bits per heavy atom. The number of amides is 2. The van der Waals surface area contributed by atoms with Gasteiger partial charge in [0.05, 0.1) is 3.79 Å². The fourth-order valence-corrected chi connectivity index (χ4v) is 4.11. The predicted octanol–water partition coefficient (Wildman–Crippen LogP) is 2.50. The number of halogens is 1. The minimum atomic E-state index is 0.125. The highest BCUT2D eigenvalue weighted by Crippen LogP contribution is 2.24. The molecule has 2 aliphatic rings. The Labute approximate surface area is 125 Å². The summed E-state index contributed by atoms with van der Waals surface area (Å²) in [6.45, 7) is 4.88. The molecule has 0 bridgehead atoms. The highest BCUT2D eigenvalue weighted by Gasteiger charge is 2.30. The molecule has 1 N–H and O–H groups in total. The van der Waals surface area contributed by atoms with Crippen molar-refractivity contribution in [3.63, 3.8) is 0 Å². The lowest BCUT2D eigenvalue weighted by Crippen LogP contribution is -2.45. The van der Waals surface area contributed by atoms with Crippen LogP contribution in [0.1, 0.15) is 18.4 Å². The number of hydrogen-bond donors (Lipinski definition) is 1. The second-order valence-electron chi connectivity index (χ2n) is 5.19. The summed E-state index contributed by atoms with van der Waals surface area (Å²) in [7, 11) is 0. The van der Waals surface area contributed by atoms with Crippen LogP contribution in [0.25, 0.3) is 0 Å². The number of piperidine rings is 1. The average Bonchev–Trinajstić information content (AvgIpc) is 3.00. The van der Waals surface area contributed by atoms with Crippen LogP contribution in [-0.4, -0.2) is 48.1 Å². The molecule has 1 aromatic heterocycles. The fourth-order valence-electron chi connectivity index (χ4n) is 2.91. The molecule has 19 heavy (non-hydrogen) atoms. The van der Waals surface area contributed by atoms with Crippen molar-refractivity contribution in [2.75, 3.05) is 26.2 Å². The first-order chi connectivity index (χ1) is 9.22. The quantitative estimate of drug-likeness (QED) is 0.915. The van der Waals surface area contributed by atoms with Gasteiger partial charge in [-0.05, 0) is 45.8 Å². The summed E-state index contributed by atoms with van der Waals surface area (Å²) in [4.78, 5) is 16.1. The SMILES string of the molecule is O=C1NCCN1C1CCN(Cc2csc(Br)c2)CC1. The molecule has 2 fully saturated rings. The largest absolute Gasteiger partial charge is 0.336 e. The van der Waals surface area contributed by atoms with Crippen LogP contribution in [0.2, 0.25) is 0 Å². The van der Waals surface area contributed by atoms with Gasteiger partial charge in [-0.15, -0.1) is 11.3 Å². The van der Waals surface area contributed by atoms with E-state index in [4.69, 9.17) is 0 Å². The van der Waals surface area contributed by atoms with E-state index in [-0.39, 0.29) is 6.03 Å². The zero-order valence-electron chi connectivity index (χ0n) is 10.8. The van der Waals surface area contributed by atoms with Crippen LogP contribution in [0.4, 0.5) is 4.79 Å². The summed E-state index contributed by atoms with van der Waals surface area (Å²) in [6, 6.07) is 2.76. The van der Waals surface area contributed by atoms with E-state index >= 15 is 0 Å². The molecule has 0 spiro atoms. The van der Waals surface area contributed by atoms with Gasteiger partial charge in [-0.3, -0.25) is 4.90 Å². The van der Waals surface area contributed by atoms with Crippen LogP contribution in [0.5, 0.6) is 0 Å². The van der Waals surface area contributed by atoms with Crippen molar-refractivity contribution < 1.29 is 4.79 Å². The lowest BCUT2D eigenvalue weighted by atomic mass is 10.0. The first kappa shape index (κ1) is 13.4. The Bertz CT molecular complexity index is 456. The van der Waals surface area contributed by atoms with Crippen molar-refractivity contribution in [3.8, 4) is 0 Å². The molecule has 2 amide bonds. The zero-order chi connectivity index (χ0) is 13.2. The van der Waals surface area contributed by atoms with E-state index < -0.39 is 0 Å². The standard InChI is InChI=1S/C13H18BrN3OS/c14-12-7-10(9-19-12)8-16-4-1-11(2-5-16)17-6-3-15-13(17)18/h7,9,11H,1-6,8H2,(H,15,18). The molecule has 1 aromatic rings. The molecule has 3 heterocycles. The van der Waals surface area contributed by atoms with Gasteiger partial charge in [0.15, 0.2) is 0 Å². The third-order valence-corrected chi connectivity index (χ3v) is 5.47. The number of urea groups is 1. The molecular formula is C13H18BrN3OS. The number of rotatable bonds is 3. The summed E-state index contributed by atoms with van der Waals surface area (Å²) in [6.07, 6.45) is 2.19. The molecule has 6 heteroatoms. The lowest BCUT2D eigenvalue weighted by Gasteiger charge is -2.36. The lowest BCUT2D eigenvalue weighted by molar-refractivity contribution is 0.132. The van der Waals surface area contributed by atoms with E-state index in [0.717, 1.165) is 45.6 Å². The van der Waals surface area contributed by atoms with Crippen LogP contribution < -0.4 is 5.32 Å². The molecule has 2 aliphatic heterocycles. The number of thiophene rings is 1. The average molecular weight is 344 g/mol. The van der Waals surface area contributed by atoms with E-state index in [1.54, 1.807) is 11.3 Å². The maximum atomic E-state index is 11.6. The molecule has 0 unspecified atom stereocenters. The van der Waals surface area contributed by atoms with Gasteiger partial charge >= 0.3 is 6.03 Å². The van der Waals surface area contributed by atoms with E-state index in [9.17, 15) is 4.79 Å². The van der Waals surface area contributed by atoms with Crippen LogP contribution in [0.3, 0.4) is 0 Å². The Hall–Kier alpha value is -0.590. The highest BCUT2D eigenvalue weighted by molar-refractivity contribution is 9.11. The van der Waals surface area contributed by atoms with E-state index in [2.05, 4.69) is 37.6 Å². The van der Waals surface area contributed by atoms with Crippen LogP contribution in [0, 0.1) is 0 Å². The third-order valence-electron chi connectivity index (χ3n) is 3.92. The van der Waals surface area contributed by atoms with E-state index in [1.165, 1.54) is 9.35 Å². The first-order valence-electron chi connectivity index (χ1n) is 6.72. The number of carbonyl (C=O) groups is 1. The van der Waals surface area contributed by atoms with Gasteiger partial charge in [-0.2, -0.15) is 0 Å². The number of nitrogens with one attached hydrogen (secondary N) is 1. The summed E-state index contributed by atoms with van der Waals surface area (Å²) in [5.41, 5.74) is 1.38. The van der Waals surface area contributed by atoms with Gasteiger partial charge in [-0.25, -0.2) is 4.79 Å². The number of hydrogen-bond acceptors (Lipinski definition) is 3. The second-order valence-corrected chi connectivity index (χ2v) is 7.48. The zero-order valence-corrected chi connectivity index (χ0v) is 13.2. The summed E-state index contributed by atoms with van der Waals surface area (Å²) in [5.74, 6) is 0. The normalized spacial score (nSPS) is 21.9. The molecule has 0 atom stereocenters. The van der Waals surface area contributed by atoms with Crippen molar-refractivity contribution in [2.24, 2.45) is 0 Å². The van der Waals surface area contributed by atoms with Gasteiger partial charge in [0, 0.05) is 38.8 Å². The molecular weight excluding hydrogens is 326 g/mol. The van der Waals surface area contributed by atoms with Crippen molar-refractivity contribution in [2.45, 2.75) is 25.4 Å². The number of likely N-dealkylation sites (tertiary alicyclic amines) is 1. The van der Waals surface area contributed by atoms with E-state index in [0.29, 0.717) is 6.04 Å².